The number of rotatable bonds is 5. The van der Waals surface area contributed by atoms with Gasteiger partial charge in [0.25, 0.3) is 0 Å². The van der Waals surface area contributed by atoms with Crippen LogP contribution in [0.25, 0.3) is 0 Å². The molecule has 0 N–H and O–H groups in total. The Balaban J connectivity index is 1.85. The second kappa shape index (κ2) is 5.39. The molecule has 4 nitrogen and oxygen atoms in total. The average Bonchev–Trinajstić information content (AvgIpc) is 2.74. The van der Waals surface area contributed by atoms with Crippen molar-refractivity contribution in [2.75, 3.05) is 0 Å². The number of carbonyl (C=O) groups excluding carboxylic acids is 1. The van der Waals surface area contributed by atoms with Gasteiger partial charge in [-0.05, 0) is 18.1 Å². The molecule has 0 saturated heterocycles. The van der Waals surface area contributed by atoms with Gasteiger partial charge in [-0.1, -0.05) is 6.07 Å². The fraction of sp³-hybridized carbons (Fsp3) is 0.308. The molecule has 0 aliphatic rings. The molecule has 0 fully saturated rings. The fourth-order valence-corrected chi connectivity index (χ4v) is 1.66. The molecule has 0 aliphatic heterocycles. The molecule has 17 heavy (non-hydrogen) atoms. The third kappa shape index (κ3) is 3.24. The molecule has 0 spiro atoms. The number of hydrogen-bond donors (Lipinski definition) is 0. The van der Waals surface area contributed by atoms with E-state index in [1.54, 1.807) is 18.6 Å². The number of carbonyl (C=O) groups is 1. The summed E-state index contributed by atoms with van der Waals surface area (Å²) in [7, 11) is 1.90. The molecule has 4 heteroatoms. The summed E-state index contributed by atoms with van der Waals surface area (Å²) in [4.78, 5) is 19.9. The van der Waals surface area contributed by atoms with Crippen molar-refractivity contribution in [3.05, 3.63) is 48.3 Å². The Morgan fingerprint density at radius 1 is 1.41 bits per heavy atom. The first-order chi connectivity index (χ1) is 8.25. The van der Waals surface area contributed by atoms with E-state index in [0.717, 1.165) is 17.8 Å². The normalized spacial score (nSPS) is 10.4. The summed E-state index contributed by atoms with van der Waals surface area (Å²) < 4.78 is 1.88. The number of imidazole rings is 1. The predicted octanol–water partition coefficient (Wildman–Crippen LogP) is 1.56. The highest BCUT2D eigenvalue weighted by Gasteiger charge is 2.07. The molecule has 2 aromatic rings. The van der Waals surface area contributed by atoms with Gasteiger partial charge >= 0.3 is 0 Å². The Morgan fingerprint density at radius 2 is 2.29 bits per heavy atom. The predicted molar refractivity (Wildman–Crippen MR) is 64.5 cm³/mol. The highest BCUT2D eigenvalue weighted by Crippen LogP contribution is 2.04. The topological polar surface area (TPSA) is 47.8 Å². The SMILES string of the molecule is Cn1ccnc1CC(=O)CCc1cccnc1. The smallest absolute Gasteiger partial charge is 0.140 e. The Morgan fingerprint density at radius 3 is 2.94 bits per heavy atom. The van der Waals surface area contributed by atoms with Gasteiger partial charge in [0, 0.05) is 38.3 Å². The number of aryl methyl sites for hydroxylation is 2. The van der Waals surface area contributed by atoms with Crippen molar-refractivity contribution < 1.29 is 4.79 Å². The van der Waals surface area contributed by atoms with E-state index in [2.05, 4.69) is 9.97 Å². The lowest BCUT2D eigenvalue weighted by Gasteiger charge is -2.02. The maximum Gasteiger partial charge on any atom is 0.140 e. The van der Waals surface area contributed by atoms with Crippen LogP contribution in [-0.2, 0) is 24.7 Å². The first kappa shape index (κ1) is 11.5. The second-order valence-electron chi connectivity index (χ2n) is 4.03. The molecule has 0 saturated carbocycles. The molecular weight excluding hydrogens is 214 g/mol. The van der Waals surface area contributed by atoms with Crippen molar-refractivity contribution in [1.82, 2.24) is 14.5 Å². The van der Waals surface area contributed by atoms with Crippen molar-refractivity contribution in [1.29, 1.82) is 0 Å². The van der Waals surface area contributed by atoms with E-state index >= 15 is 0 Å². The van der Waals surface area contributed by atoms with Gasteiger partial charge in [0.05, 0.1) is 6.42 Å². The van der Waals surface area contributed by atoms with Crippen LogP contribution >= 0.6 is 0 Å². The molecule has 0 unspecified atom stereocenters. The van der Waals surface area contributed by atoms with Crippen LogP contribution in [0.3, 0.4) is 0 Å². The lowest BCUT2D eigenvalue weighted by Crippen LogP contribution is -2.08. The van der Waals surface area contributed by atoms with Crippen molar-refractivity contribution in [3.8, 4) is 0 Å². The molecule has 2 rings (SSSR count). The van der Waals surface area contributed by atoms with Gasteiger partial charge in [-0.15, -0.1) is 0 Å². The summed E-state index contributed by atoms with van der Waals surface area (Å²) in [6, 6.07) is 3.87. The standard InChI is InChI=1S/C13H15N3O/c1-16-8-7-15-13(16)9-12(17)5-4-11-3-2-6-14-10-11/h2-3,6-8,10H,4-5,9H2,1H3. The van der Waals surface area contributed by atoms with Crippen LogP contribution < -0.4 is 0 Å². The first-order valence-corrected chi connectivity index (χ1v) is 5.62. The third-order valence-electron chi connectivity index (χ3n) is 2.69. The minimum Gasteiger partial charge on any atom is -0.338 e. The highest BCUT2D eigenvalue weighted by atomic mass is 16.1. The number of aromatic nitrogens is 3. The number of Topliss-reactive ketones (excluding diaryl/α,β-unsaturated/α-hetero) is 1. The monoisotopic (exact) mass is 229 g/mol. The van der Waals surface area contributed by atoms with Crippen LogP contribution in [0.4, 0.5) is 0 Å². The number of pyridine rings is 1. The molecule has 2 aromatic heterocycles. The second-order valence-corrected chi connectivity index (χ2v) is 4.03. The molecule has 2 heterocycles. The minimum absolute atomic E-state index is 0.211. The summed E-state index contributed by atoms with van der Waals surface area (Å²) in [6.07, 6.45) is 8.79. The molecule has 0 bridgehead atoms. The van der Waals surface area contributed by atoms with Crippen LogP contribution in [-0.4, -0.2) is 20.3 Å². The minimum atomic E-state index is 0.211. The number of hydrogen-bond acceptors (Lipinski definition) is 3. The van der Waals surface area contributed by atoms with Crippen LogP contribution in [0.2, 0.25) is 0 Å². The molecule has 0 amide bonds. The maximum absolute atomic E-state index is 11.8. The maximum atomic E-state index is 11.8. The van der Waals surface area contributed by atoms with Crippen LogP contribution in [0.5, 0.6) is 0 Å². The lowest BCUT2D eigenvalue weighted by atomic mass is 10.1. The van der Waals surface area contributed by atoms with Gasteiger partial charge in [0.1, 0.15) is 11.6 Å². The quantitative estimate of drug-likeness (QED) is 0.781. The third-order valence-corrected chi connectivity index (χ3v) is 2.69. The molecule has 0 atom stereocenters. The Kier molecular flexibility index (Phi) is 3.65. The van der Waals surface area contributed by atoms with Crippen molar-refractivity contribution in [2.24, 2.45) is 7.05 Å². The molecule has 0 aliphatic carbocycles. The summed E-state index contributed by atoms with van der Waals surface area (Å²) in [5.74, 6) is 1.03. The lowest BCUT2D eigenvalue weighted by molar-refractivity contribution is -0.118. The molecule has 0 radical (unpaired) electrons. The van der Waals surface area contributed by atoms with Crippen LogP contribution in [0, 0.1) is 0 Å². The van der Waals surface area contributed by atoms with Gasteiger partial charge in [-0.2, -0.15) is 0 Å². The molecular formula is C13H15N3O. The summed E-state index contributed by atoms with van der Waals surface area (Å²) in [6.45, 7) is 0. The Labute approximate surface area is 100 Å². The highest BCUT2D eigenvalue weighted by molar-refractivity contribution is 5.80. The molecule has 88 valence electrons. The zero-order valence-electron chi connectivity index (χ0n) is 9.84. The van der Waals surface area contributed by atoms with Gasteiger partial charge in [-0.25, -0.2) is 4.98 Å². The van der Waals surface area contributed by atoms with Crippen molar-refractivity contribution in [3.63, 3.8) is 0 Å². The zero-order chi connectivity index (χ0) is 12.1. The Hall–Kier alpha value is -1.97. The molecule has 0 aromatic carbocycles. The van der Waals surface area contributed by atoms with E-state index < -0.39 is 0 Å². The van der Waals surface area contributed by atoms with E-state index in [9.17, 15) is 4.79 Å². The van der Waals surface area contributed by atoms with E-state index in [-0.39, 0.29) is 5.78 Å². The zero-order valence-corrected chi connectivity index (χ0v) is 9.84. The van der Waals surface area contributed by atoms with Gasteiger partial charge < -0.3 is 4.57 Å². The van der Waals surface area contributed by atoms with Crippen LogP contribution in [0.1, 0.15) is 17.8 Å². The summed E-state index contributed by atoms with van der Waals surface area (Å²) in [5, 5.41) is 0. The van der Waals surface area contributed by atoms with Gasteiger partial charge in [0.2, 0.25) is 0 Å². The van der Waals surface area contributed by atoms with Crippen molar-refractivity contribution in [2.45, 2.75) is 19.3 Å². The number of nitrogens with zero attached hydrogens (tertiary/aromatic N) is 3. The van der Waals surface area contributed by atoms with Gasteiger partial charge in [0.15, 0.2) is 0 Å². The summed E-state index contributed by atoms with van der Waals surface area (Å²) in [5.41, 5.74) is 1.10. The Bertz CT molecular complexity index is 490. The van der Waals surface area contributed by atoms with E-state index in [1.165, 1.54) is 0 Å². The van der Waals surface area contributed by atoms with E-state index in [4.69, 9.17) is 0 Å². The first-order valence-electron chi connectivity index (χ1n) is 5.62. The van der Waals surface area contributed by atoms with Crippen molar-refractivity contribution >= 4 is 5.78 Å². The summed E-state index contributed by atoms with van der Waals surface area (Å²) >= 11 is 0. The largest absolute Gasteiger partial charge is 0.338 e. The van der Waals surface area contributed by atoms with Gasteiger partial charge in [-0.3, -0.25) is 9.78 Å². The van der Waals surface area contributed by atoms with E-state index in [1.807, 2.05) is 29.9 Å². The fourth-order valence-electron chi connectivity index (χ4n) is 1.66. The van der Waals surface area contributed by atoms with Crippen LogP contribution in [0.15, 0.2) is 36.9 Å². The van der Waals surface area contributed by atoms with E-state index in [0.29, 0.717) is 12.8 Å². The average molecular weight is 229 g/mol. The number of ketones is 1.